The van der Waals surface area contributed by atoms with Gasteiger partial charge in [0.1, 0.15) is 5.82 Å². The molecule has 1 aromatic heterocycles. The number of benzene rings is 1. The van der Waals surface area contributed by atoms with Crippen LogP contribution in [0.1, 0.15) is 5.56 Å². The van der Waals surface area contributed by atoms with Gasteiger partial charge in [-0.3, -0.25) is 4.98 Å². The maximum Gasteiger partial charge on any atom is 0.243 e. The van der Waals surface area contributed by atoms with E-state index in [4.69, 9.17) is 4.74 Å². The topological polar surface area (TPSA) is 59.5 Å². The Labute approximate surface area is 129 Å². The van der Waals surface area contributed by atoms with Crippen LogP contribution in [0.3, 0.4) is 0 Å². The van der Waals surface area contributed by atoms with Gasteiger partial charge < -0.3 is 4.74 Å². The highest BCUT2D eigenvalue weighted by Gasteiger charge is 2.24. The monoisotopic (exact) mass is 324 g/mol. The van der Waals surface area contributed by atoms with Gasteiger partial charge in [0.25, 0.3) is 0 Å². The Morgan fingerprint density at radius 3 is 2.55 bits per heavy atom. The fraction of sp³-hybridized carbons (Fsp3) is 0.267. The molecule has 1 heterocycles. The van der Waals surface area contributed by atoms with Gasteiger partial charge in [-0.2, -0.15) is 4.31 Å². The highest BCUT2D eigenvalue weighted by Crippen LogP contribution is 2.18. The summed E-state index contributed by atoms with van der Waals surface area (Å²) in [6.07, 6.45) is 3.23. The number of ether oxygens (including phenoxy) is 1. The number of rotatable bonds is 7. The van der Waals surface area contributed by atoms with Crippen molar-refractivity contribution in [3.05, 3.63) is 60.2 Å². The maximum absolute atomic E-state index is 13.0. The van der Waals surface area contributed by atoms with E-state index in [0.29, 0.717) is 0 Å². The van der Waals surface area contributed by atoms with Crippen molar-refractivity contribution in [1.82, 2.24) is 9.29 Å². The van der Waals surface area contributed by atoms with E-state index < -0.39 is 15.8 Å². The molecule has 0 saturated carbocycles. The first-order chi connectivity index (χ1) is 10.5. The third-order valence-electron chi connectivity index (χ3n) is 3.08. The predicted molar refractivity (Wildman–Crippen MR) is 80.1 cm³/mol. The van der Waals surface area contributed by atoms with E-state index >= 15 is 0 Å². The molecule has 7 heteroatoms. The summed E-state index contributed by atoms with van der Waals surface area (Å²) in [5.74, 6) is -0.477. The average molecular weight is 324 g/mol. The second-order valence-corrected chi connectivity index (χ2v) is 6.58. The zero-order chi connectivity index (χ0) is 16.0. The van der Waals surface area contributed by atoms with Gasteiger partial charge in [-0.1, -0.05) is 6.07 Å². The van der Waals surface area contributed by atoms with E-state index in [2.05, 4.69) is 4.98 Å². The summed E-state index contributed by atoms with van der Waals surface area (Å²) in [5, 5.41) is 0. The van der Waals surface area contributed by atoms with Gasteiger partial charge >= 0.3 is 0 Å². The summed E-state index contributed by atoms with van der Waals surface area (Å²) in [6, 6.07) is 8.32. The van der Waals surface area contributed by atoms with Crippen molar-refractivity contribution < 1.29 is 17.5 Å². The third-order valence-corrected chi connectivity index (χ3v) is 4.94. The number of pyridine rings is 1. The van der Waals surface area contributed by atoms with Crippen LogP contribution in [0.5, 0.6) is 0 Å². The van der Waals surface area contributed by atoms with Crippen molar-refractivity contribution in [3.63, 3.8) is 0 Å². The van der Waals surface area contributed by atoms with E-state index in [9.17, 15) is 12.8 Å². The smallest absolute Gasteiger partial charge is 0.243 e. The minimum atomic E-state index is -3.73. The number of aromatic nitrogens is 1. The van der Waals surface area contributed by atoms with Crippen LogP contribution in [0, 0.1) is 5.82 Å². The zero-order valence-electron chi connectivity index (χ0n) is 12.1. The molecule has 2 rings (SSSR count). The Morgan fingerprint density at radius 1 is 1.23 bits per heavy atom. The Morgan fingerprint density at radius 2 is 1.95 bits per heavy atom. The molecule has 118 valence electrons. The molecule has 0 amide bonds. The van der Waals surface area contributed by atoms with E-state index in [1.807, 2.05) is 0 Å². The van der Waals surface area contributed by atoms with E-state index in [-0.39, 0.29) is 24.6 Å². The number of hydrogen-bond acceptors (Lipinski definition) is 4. The van der Waals surface area contributed by atoms with Gasteiger partial charge in [-0.05, 0) is 35.9 Å². The molecule has 0 radical (unpaired) electrons. The molecule has 1 aromatic carbocycles. The van der Waals surface area contributed by atoms with Crippen molar-refractivity contribution in [2.75, 3.05) is 20.3 Å². The molecular formula is C15H17FN2O3S. The summed E-state index contributed by atoms with van der Waals surface area (Å²) >= 11 is 0. The van der Waals surface area contributed by atoms with Crippen LogP contribution in [-0.2, 0) is 21.3 Å². The molecule has 0 N–H and O–H groups in total. The Bertz CT molecular complexity index is 690. The molecular weight excluding hydrogens is 307 g/mol. The summed E-state index contributed by atoms with van der Waals surface area (Å²) in [4.78, 5) is 4.03. The minimum absolute atomic E-state index is 0.0499. The normalized spacial score (nSPS) is 11.8. The Hall–Kier alpha value is -1.83. The van der Waals surface area contributed by atoms with Crippen LogP contribution in [0.15, 0.2) is 53.7 Å². The van der Waals surface area contributed by atoms with Gasteiger partial charge in [0.05, 0.1) is 11.5 Å². The van der Waals surface area contributed by atoms with Crippen molar-refractivity contribution in [3.8, 4) is 0 Å². The van der Waals surface area contributed by atoms with E-state index in [0.717, 1.165) is 17.7 Å². The summed E-state index contributed by atoms with van der Waals surface area (Å²) < 4.78 is 44.6. The molecule has 2 aromatic rings. The molecule has 0 spiro atoms. The second-order valence-electron chi connectivity index (χ2n) is 4.65. The minimum Gasteiger partial charge on any atom is -0.383 e. The molecule has 5 nitrogen and oxygen atoms in total. The number of hydrogen-bond donors (Lipinski definition) is 0. The lowest BCUT2D eigenvalue weighted by molar-refractivity contribution is 0.177. The van der Waals surface area contributed by atoms with Gasteiger partial charge in [0.2, 0.25) is 10.0 Å². The first kappa shape index (κ1) is 16.5. The molecule has 0 unspecified atom stereocenters. The molecule has 0 aliphatic heterocycles. The van der Waals surface area contributed by atoms with Gasteiger partial charge in [-0.15, -0.1) is 0 Å². The molecule has 0 saturated heterocycles. The quantitative estimate of drug-likeness (QED) is 0.782. The summed E-state index contributed by atoms with van der Waals surface area (Å²) in [7, 11) is -2.22. The molecule has 0 bridgehead atoms. The van der Waals surface area contributed by atoms with Crippen molar-refractivity contribution >= 4 is 10.0 Å². The SMILES string of the molecule is COCCN(Cc1cccnc1)S(=O)(=O)c1ccc(F)cc1. The predicted octanol–water partition coefficient (Wildman–Crippen LogP) is 2.06. The average Bonchev–Trinajstić information content (AvgIpc) is 2.52. The molecule has 22 heavy (non-hydrogen) atoms. The molecule has 0 fully saturated rings. The highest BCUT2D eigenvalue weighted by molar-refractivity contribution is 7.89. The van der Waals surface area contributed by atoms with Crippen LogP contribution >= 0.6 is 0 Å². The standard InChI is InChI=1S/C15H17FN2O3S/c1-21-10-9-18(12-13-3-2-8-17-11-13)22(19,20)15-6-4-14(16)5-7-15/h2-8,11H,9-10,12H2,1H3. The lowest BCUT2D eigenvalue weighted by Crippen LogP contribution is -2.33. The fourth-order valence-corrected chi connectivity index (χ4v) is 3.34. The number of halogens is 1. The van der Waals surface area contributed by atoms with Crippen LogP contribution in [0.25, 0.3) is 0 Å². The highest BCUT2D eigenvalue weighted by atomic mass is 32.2. The lowest BCUT2D eigenvalue weighted by Gasteiger charge is -2.22. The van der Waals surface area contributed by atoms with Crippen molar-refractivity contribution in [2.24, 2.45) is 0 Å². The second kappa shape index (κ2) is 7.44. The molecule has 0 atom stereocenters. The fourth-order valence-electron chi connectivity index (χ4n) is 1.93. The Kier molecular flexibility index (Phi) is 5.59. The summed E-state index contributed by atoms with van der Waals surface area (Å²) in [6.45, 7) is 0.642. The van der Waals surface area contributed by atoms with Crippen LogP contribution in [0.2, 0.25) is 0 Å². The molecule has 0 aliphatic carbocycles. The van der Waals surface area contributed by atoms with E-state index in [1.165, 1.54) is 23.5 Å². The number of methoxy groups -OCH3 is 1. The lowest BCUT2D eigenvalue weighted by atomic mass is 10.3. The van der Waals surface area contributed by atoms with E-state index in [1.54, 1.807) is 24.5 Å². The number of nitrogens with zero attached hydrogens (tertiary/aromatic N) is 2. The van der Waals surface area contributed by atoms with Gasteiger partial charge in [0, 0.05) is 32.6 Å². The summed E-state index contributed by atoms with van der Waals surface area (Å²) in [5.41, 5.74) is 0.768. The van der Waals surface area contributed by atoms with Crippen molar-refractivity contribution in [2.45, 2.75) is 11.4 Å². The first-order valence-corrected chi connectivity index (χ1v) is 8.11. The number of sulfonamides is 1. The van der Waals surface area contributed by atoms with Crippen LogP contribution < -0.4 is 0 Å². The zero-order valence-corrected chi connectivity index (χ0v) is 13.0. The Balaban J connectivity index is 2.28. The first-order valence-electron chi connectivity index (χ1n) is 6.67. The van der Waals surface area contributed by atoms with Crippen molar-refractivity contribution in [1.29, 1.82) is 0 Å². The maximum atomic E-state index is 13.0. The third kappa shape index (κ3) is 4.09. The van der Waals surface area contributed by atoms with Crippen LogP contribution in [-0.4, -0.2) is 38.0 Å². The van der Waals surface area contributed by atoms with Gasteiger partial charge in [0.15, 0.2) is 0 Å². The molecule has 0 aliphatic rings. The van der Waals surface area contributed by atoms with Gasteiger partial charge in [-0.25, -0.2) is 12.8 Å². The largest absolute Gasteiger partial charge is 0.383 e. The van der Waals surface area contributed by atoms with Crippen LogP contribution in [0.4, 0.5) is 4.39 Å².